The van der Waals surface area contributed by atoms with Crippen LogP contribution >= 0.6 is 23.4 Å². The number of fused-ring (bicyclic) bond motifs is 2. The van der Waals surface area contributed by atoms with Crippen LogP contribution in [0.25, 0.3) is 0 Å². The molecule has 7 heteroatoms. The maximum atomic E-state index is 14.0. The molecule has 5 nitrogen and oxygen atoms in total. The highest BCUT2D eigenvalue weighted by Crippen LogP contribution is 2.54. The average molecular weight is 465 g/mol. The van der Waals surface area contributed by atoms with Crippen LogP contribution in [0.2, 0.25) is 5.02 Å². The van der Waals surface area contributed by atoms with E-state index in [1.54, 1.807) is 41.2 Å². The minimum absolute atomic E-state index is 0.114. The van der Waals surface area contributed by atoms with Crippen LogP contribution in [0.1, 0.15) is 21.5 Å². The van der Waals surface area contributed by atoms with Gasteiger partial charge in [-0.05, 0) is 35.9 Å². The summed E-state index contributed by atoms with van der Waals surface area (Å²) in [5, 5.41) is 0.613. The number of hydrogen-bond acceptors (Lipinski definition) is 4. The molecule has 0 aromatic heterocycles. The highest BCUT2D eigenvalue weighted by Gasteiger charge is 2.59. The van der Waals surface area contributed by atoms with Crippen LogP contribution in [0.3, 0.4) is 0 Å². The fourth-order valence-electron chi connectivity index (χ4n) is 4.43. The summed E-state index contributed by atoms with van der Waals surface area (Å²) in [7, 11) is 1.57. The molecule has 2 aliphatic heterocycles. The summed E-state index contributed by atoms with van der Waals surface area (Å²) in [6, 6.07) is 22.3. The van der Waals surface area contributed by atoms with Crippen molar-refractivity contribution < 1.29 is 14.3 Å². The molecule has 0 unspecified atom stereocenters. The molecule has 32 heavy (non-hydrogen) atoms. The second-order valence-electron chi connectivity index (χ2n) is 7.68. The predicted octanol–water partition coefficient (Wildman–Crippen LogP) is 4.94. The third-order valence-corrected chi connectivity index (χ3v) is 7.74. The van der Waals surface area contributed by atoms with Gasteiger partial charge in [0.2, 0.25) is 0 Å². The van der Waals surface area contributed by atoms with Crippen molar-refractivity contribution in [3.63, 3.8) is 0 Å². The van der Waals surface area contributed by atoms with E-state index in [1.165, 1.54) is 11.8 Å². The van der Waals surface area contributed by atoms with Crippen LogP contribution in [-0.4, -0.2) is 36.1 Å². The monoisotopic (exact) mass is 464 g/mol. The van der Waals surface area contributed by atoms with Crippen LogP contribution in [0, 0.1) is 0 Å². The van der Waals surface area contributed by atoms with E-state index in [0.717, 1.165) is 16.8 Å². The number of hydrogen-bond donors (Lipinski definition) is 0. The number of amides is 2. The molecule has 1 fully saturated rings. The zero-order chi connectivity index (χ0) is 22.3. The molecule has 2 aliphatic rings. The normalized spacial score (nSPS) is 19.5. The number of anilines is 1. The summed E-state index contributed by atoms with van der Waals surface area (Å²) in [6.07, 6.45) is 0. The number of rotatable bonds is 4. The third kappa shape index (κ3) is 3.17. The molecule has 1 saturated heterocycles. The number of ether oxygens (including phenoxy) is 1. The molecule has 162 valence electrons. The van der Waals surface area contributed by atoms with Crippen LogP contribution in [-0.2, 0) is 16.2 Å². The van der Waals surface area contributed by atoms with Gasteiger partial charge in [0.05, 0.1) is 19.3 Å². The number of methoxy groups -OCH3 is 1. The second kappa shape index (κ2) is 8.19. The summed E-state index contributed by atoms with van der Waals surface area (Å²) in [4.78, 5) is 30.0. The maximum Gasteiger partial charge on any atom is 0.268 e. The number of benzene rings is 3. The Balaban J connectivity index is 1.57. The smallest absolute Gasteiger partial charge is 0.268 e. The van der Waals surface area contributed by atoms with Crippen molar-refractivity contribution in [1.29, 1.82) is 0 Å². The average Bonchev–Trinajstić information content (AvgIpc) is 3.37. The molecule has 3 aromatic carbocycles. The van der Waals surface area contributed by atoms with Gasteiger partial charge in [0.25, 0.3) is 11.8 Å². The van der Waals surface area contributed by atoms with Gasteiger partial charge >= 0.3 is 0 Å². The van der Waals surface area contributed by atoms with Gasteiger partial charge in [-0.1, -0.05) is 54.1 Å². The first-order chi connectivity index (χ1) is 15.6. The van der Waals surface area contributed by atoms with Crippen molar-refractivity contribution in [3.05, 3.63) is 94.5 Å². The Labute approximate surface area is 195 Å². The van der Waals surface area contributed by atoms with Gasteiger partial charge in [-0.2, -0.15) is 0 Å². The molecule has 1 atom stereocenters. The molecule has 0 radical (unpaired) electrons. The zero-order valence-corrected chi connectivity index (χ0v) is 19.0. The van der Waals surface area contributed by atoms with E-state index < -0.39 is 4.87 Å². The fourth-order valence-corrected chi connectivity index (χ4v) is 6.09. The topological polar surface area (TPSA) is 49.9 Å². The lowest BCUT2D eigenvalue weighted by molar-refractivity contribution is -0.123. The zero-order valence-electron chi connectivity index (χ0n) is 17.5. The molecule has 2 heterocycles. The maximum absolute atomic E-state index is 14.0. The van der Waals surface area contributed by atoms with E-state index in [4.69, 9.17) is 16.3 Å². The van der Waals surface area contributed by atoms with Crippen LogP contribution in [0.5, 0.6) is 5.75 Å². The molecule has 0 bridgehead atoms. The summed E-state index contributed by atoms with van der Waals surface area (Å²) in [6.45, 7) is 0.833. The van der Waals surface area contributed by atoms with Gasteiger partial charge in [0.15, 0.2) is 4.87 Å². The molecule has 5 rings (SSSR count). The van der Waals surface area contributed by atoms with Crippen molar-refractivity contribution in [1.82, 2.24) is 4.90 Å². The summed E-state index contributed by atoms with van der Waals surface area (Å²) >= 11 is 7.91. The Kier molecular flexibility index (Phi) is 5.35. The quantitative estimate of drug-likeness (QED) is 0.549. The summed E-state index contributed by atoms with van der Waals surface area (Å²) in [5.41, 5.74) is 3.02. The van der Waals surface area contributed by atoms with E-state index in [-0.39, 0.29) is 11.8 Å². The van der Waals surface area contributed by atoms with Gasteiger partial charge in [-0.25, -0.2) is 0 Å². The Bertz CT molecular complexity index is 1220. The molecule has 0 saturated carbocycles. The number of halogens is 1. The lowest BCUT2D eigenvalue weighted by Gasteiger charge is -2.33. The van der Waals surface area contributed by atoms with E-state index in [2.05, 4.69) is 0 Å². The SMILES string of the molecule is COc1cccc(C(=O)N2CCS[C@@]23C(=O)N(Cc2ccccc2Cl)c2ccccc23)c1. The second-order valence-corrected chi connectivity index (χ2v) is 9.38. The lowest BCUT2D eigenvalue weighted by Crippen LogP contribution is -2.50. The van der Waals surface area contributed by atoms with Gasteiger partial charge in [-0.3, -0.25) is 9.59 Å². The largest absolute Gasteiger partial charge is 0.497 e. The van der Waals surface area contributed by atoms with Gasteiger partial charge < -0.3 is 14.5 Å². The Morgan fingerprint density at radius 3 is 2.69 bits per heavy atom. The fraction of sp³-hybridized carbons (Fsp3) is 0.200. The molecule has 0 N–H and O–H groups in total. The molecule has 0 aliphatic carbocycles. The van der Waals surface area contributed by atoms with E-state index in [9.17, 15) is 9.59 Å². The van der Waals surface area contributed by atoms with Crippen LogP contribution in [0.15, 0.2) is 72.8 Å². The summed E-state index contributed by atoms with van der Waals surface area (Å²) < 4.78 is 5.29. The lowest BCUT2D eigenvalue weighted by atomic mass is 10.0. The molecular weight excluding hydrogens is 444 g/mol. The van der Waals surface area contributed by atoms with Crippen molar-refractivity contribution in [2.75, 3.05) is 24.3 Å². The van der Waals surface area contributed by atoms with Gasteiger partial charge in [-0.15, -0.1) is 11.8 Å². The number of carbonyl (C=O) groups excluding carboxylic acids is 2. The summed E-state index contributed by atoms with van der Waals surface area (Å²) in [5.74, 6) is 0.986. The van der Waals surface area contributed by atoms with Crippen LogP contribution in [0.4, 0.5) is 5.69 Å². The number of nitrogens with zero attached hydrogens (tertiary/aromatic N) is 2. The molecule has 3 aromatic rings. The molecule has 2 amide bonds. The van der Waals surface area contributed by atoms with Crippen molar-refractivity contribution in [2.45, 2.75) is 11.4 Å². The number of thioether (sulfide) groups is 1. The first kappa shape index (κ1) is 20.9. The molecular formula is C25H21ClN2O3S. The standard InChI is InChI=1S/C25H21ClN2O3S/c1-31-19-9-6-8-17(15-19)23(29)28-13-14-32-25(28)20-10-3-5-12-22(20)27(24(25)30)16-18-7-2-4-11-21(18)26/h2-12,15H,13-14,16H2,1H3/t25-/m0/s1. The van der Waals surface area contributed by atoms with Crippen LogP contribution < -0.4 is 9.64 Å². The van der Waals surface area contributed by atoms with E-state index in [1.807, 2.05) is 48.5 Å². The minimum Gasteiger partial charge on any atom is -0.497 e. The minimum atomic E-state index is -1.09. The first-order valence-corrected chi connectivity index (χ1v) is 11.7. The van der Waals surface area contributed by atoms with Gasteiger partial charge in [0.1, 0.15) is 5.75 Å². The predicted molar refractivity (Wildman–Crippen MR) is 127 cm³/mol. The van der Waals surface area contributed by atoms with Gasteiger partial charge in [0, 0.05) is 28.4 Å². The number of para-hydroxylation sites is 1. The Hall–Kier alpha value is -2.96. The highest BCUT2D eigenvalue weighted by molar-refractivity contribution is 8.01. The van der Waals surface area contributed by atoms with E-state index >= 15 is 0 Å². The molecule has 1 spiro atoms. The van der Waals surface area contributed by atoms with E-state index in [0.29, 0.717) is 35.2 Å². The van der Waals surface area contributed by atoms with Crippen molar-refractivity contribution >= 4 is 40.9 Å². The Morgan fingerprint density at radius 1 is 1.09 bits per heavy atom. The number of carbonyl (C=O) groups is 2. The third-order valence-electron chi connectivity index (χ3n) is 5.95. The van der Waals surface area contributed by atoms with Crippen molar-refractivity contribution in [3.8, 4) is 5.75 Å². The highest BCUT2D eigenvalue weighted by atomic mass is 35.5. The first-order valence-electron chi connectivity index (χ1n) is 10.3. The Morgan fingerprint density at radius 2 is 1.88 bits per heavy atom. The van der Waals surface area contributed by atoms with Crippen molar-refractivity contribution in [2.24, 2.45) is 0 Å².